The minimum absolute atomic E-state index is 0.0734. The van der Waals surface area contributed by atoms with Crippen LogP contribution in [0, 0.1) is 0 Å². The number of nitrogens with one attached hydrogen (secondary N) is 2. The fourth-order valence-electron chi connectivity index (χ4n) is 3.05. The Bertz CT molecular complexity index is 669. The number of amides is 2. The quantitative estimate of drug-likeness (QED) is 0.806. The van der Waals surface area contributed by atoms with Gasteiger partial charge in [0.1, 0.15) is 5.76 Å². The number of nitrogens with zero attached hydrogens (tertiary/aromatic N) is 2. The SMILES string of the molecule is COc1cc(CNC(=O)NCC(c2ccco2)N2CCCC2)ccn1. The Balaban J connectivity index is 1.51. The van der Waals surface area contributed by atoms with E-state index in [0.717, 1.165) is 24.4 Å². The Kier molecular flexibility index (Phi) is 5.90. The molecule has 0 bridgehead atoms. The number of aromatic nitrogens is 1. The van der Waals surface area contributed by atoms with E-state index in [1.807, 2.05) is 18.2 Å². The number of furan rings is 1. The predicted molar refractivity (Wildman–Crippen MR) is 93.3 cm³/mol. The third kappa shape index (κ3) is 4.73. The van der Waals surface area contributed by atoms with E-state index in [9.17, 15) is 4.79 Å². The highest BCUT2D eigenvalue weighted by Crippen LogP contribution is 2.24. The zero-order chi connectivity index (χ0) is 17.5. The maximum atomic E-state index is 12.1. The first-order valence-electron chi connectivity index (χ1n) is 8.54. The first-order valence-corrected chi connectivity index (χ1v) is 8.54. The van der Waals surface area contributed by atoms with Crippen molar-refractivity contribution in [2.45, 2.75) is 25.4 Å². The standard InChI is InChI=1S/C18H24N4O3/c1-24-17-11-14(6-7-19-17)12-20-18(23)21-13-15(16-5-4-10-25-16)22-8-2-3-9-22/h4-7,10-11,15H,2-3,8-9,12-13H2,1H3,(H2,20,21,23). The van der Waals surface area contributed by atoms with E-state index >= 15 is 0 Å². The lowest BCUT2D eigenvalue weighted by Gasteiger charge is -2.26. The molecule has 1 aliphatic heterocycles. The molecular formula is C18H24N4O3. The summed E-state index contributed by atoms with van der Waals surface area (Å²) in [5, 5.41) is 5.81. The van der Waals surface area contributed by atoms with Gasteiger partial charge in [-0.05, 0) is 49.7 Å². The van der Waals surface area contributed by atoms with Crippen molar-refractivity contribution in [3.05, 3.63) is 48.0 Å². The normalized spacial score (nSPS) is 15.7. The van der Waals surface area contributed by atoms with E-state index in [1.165, 1.54) is 12.8 Å². The van der Waals surface area contributed by atoms with Crippen LogP contribution in [0.2, 0.25) is 0 Å². The van der Waals surface area contributed by atoms with Crippen LogP contribution in [0.15, 0.2) is 41.1 Å². The van der Waals surface area contributed by atoms with Crippen molar-refractivity contribution in [1.82, 2.24) is 20.5 Å². The van der Waals surface area contributed by atoms with Gasteiger partial charge in [-0.1, -0.05) is 0 Å². The number of carbonyl (C=O) groups is 1. The van der Waals surface area contributed by atoms with Gasteiger partial charge >= 0.3 is 6.03 Å². The molecule has 3 heterocycles. The summed E-state index contributed by atoms with van der Waals surface area (Å²) in [5.74, 6) is 1.42. The van der Waals surface area contributed by atoms with Crippen LogP contribution in [0.4, 0.5) is 4.79 Å². The first-order chi connectivity index (χ1) is 12.3. The summed E-state index contributed by atoms with van der Waals surface area (Å²) in [4.78, 5) is 18.5. The lowest BCUT2D eigenvalue weighted by molar-refractivity contribution is 0.203. The number of hydrogen-bond acceptors (Lipinski definition) is 5. The number of urea groups is 1. The number of methoxy groups -OCH3 is 1. The summed E-state index contributed by atoms with van der Waals surface area (Å²) in [5.41, 5.74) is 0.934. The van der Waals surface area contributed by atoms with Gasteiger partial charge in [-0.25, -0.2) is 9.78 Å². The Labute approximate surface area is 147 Å². The van der Waals surface area contributed by atoms with E-state index < -0.39 is 0 Å². The minimum atomic E-state index is -0.202. The molecule has 0 radical (unpaired) electrons. The molecule has 1 saturated heterocycles. The molecule has 2 aromatic rings. The van der Waals surface area contributed by atoms with Crippen molar-refractivity contribution in [2.75, 3.05) is 26.7 Å². The molecule has 0 aliphatic carbocycles. The first kappa shape index (κ1) is 17.3. The Morgan fingerprint density at radius 3 is 2.92 bits per heavy atom. The van der Waals surface area contributed by atoms with Crippen LogP contribution in [-0.4, -0.2) is 42.7 Å². The van der Waals surface area contributed by atoms with Gasteiger partial charge in [0.15, 0.2) is 0 Å². The molecule has 0 spiro atoms. The maximum absolute atomic E-state index is 12.1. The van der Waals surface area contributed by atoms with Crippen molar-refractivity contribution in [3.63, 3.8) is 0 Å². The lowest BCUT2D eigenvalue weighted by Crippen LogP contribution is -2.41. The summed E-state index contributed by atoms with van der Waals surface area (Å²) in [6, 6.07) is 7.37. The van der Waals surface area contributed by atoms with Gasteiger partial charge in [-0.3, -0.25) is 4.90 Å². The van der Waals surface area contributed by atoms with Crippen LogP contribution in [0.25, 0.3) is 0 Å². The van der Waals surface area contributed by atoms with Crippen molar-refractivity contribution < 1.29 is 13.9 Å². The van der Waals surface area contributed by atoms with Crippen LogP contribution in [0.3, 0.4) is 0 Å². The number of likely N-dealkylation sites (tertiary alicyclic amines) is 1. The Morgan fingerprint density at radius 2 is 2.20 bits per heavy atom. The van der Waals surface area contributed by atoms with Crippen LogP contribution < -0.4 is 15.4 Å². The van der Waals surface area contributed by atoms with Crippen molar-refractivity contribution >= 4 is 6.03 Å². The van der Waals surface area contributed by atoms with Crippen LogP contribution >= 0.6 is 0 Å². The van der Waals surface area contributed by atoms with Crippen LogP contribution in [-0.2, 0) is 6.54 Å². The van der Waals surface area contributed by atoms with Crippen molar-refractivity contribution in [3.8, 4) is 5.88 Å². The largest absolute Gasteiger partial charge is 0.481 e. The highest BCUT2D eigenvalue weighted by atomic mass is 16.5. The minimum Gasteiger partial charge on any atom is -0.481 e. The molecule has 2 N–H and O–H groups in total. The third-order valence-corrected chi connectivity index (χ3v) is 4.37. The van der Waals surface area contributed by atoms with Gasteiger partial charge in [0.25, 0.3) is 0 Å². The second-order valence-corrected chi connectivity index (χ2v) is 6.04. The molecule has 0 aromatic carbocycles. The van der Waals surface area contributed by atoms with E-state index in [2.05, 4.69) is 20.5 Å². The van der Waals surface area contributed by atoms with Gasteiger partial charge in [0.05, 0.1) is 19.4 Å². The van der Waals surface area contributed by atoms with Crippen LogP contribution in [0.5, 0.6) is 5.88 Å². The number of rotatable bonds is 7. The molecule has 1 atom stereocenters. The van der Waals surface area contributed by atoms with Crippen molar-refractivity contribution in [2.24, 2.45) is 0 Å². The zero-order valence-electron chi connectivity index (χ0n) is 14.4. The maximum Gasteiger partial charge on any atom is 0.315 e. The summed E-state index contributed by atoms with van der Waals surface area (Å²) in [7, 11) is 1.57. The summed E-state index contributed by atoms with van der Waals surface area (Å²) >= 11 is 0. The zero-order valence-corrected chi connectivity index (χ0v) is 14.4. The summed E-state index contributed by atoms with van der Waals surface area (Å²) in [6.07, 6.45) is 5.71. The van der Waals surface area contributed by atoms with Crippen LogP contribution in [0.1, 0.15) is 30.2 Å². The van der Waals surface area contributed by atoms with E-state index in [4.69, 9.17) is 9.15 Å². The monoisotopic (exact) mass is 344 g/mol. The number of ether oxygens (including phenoxy) is 1. The highest BCUT2D eigenvalue weighted by Gasteiger charge is 2.25. The van der Waals surface area contributed by atoms with Crippen molar-refractivity contribution in [1.29, 1.82) is 0 Å². The van der Waals surface area contributed by atoms with E-state index in [0.29, 0.717) is 19.0 Å². The second kappa shape index (κ2) is 8.53. The van der Waals surface area contributed by atoms with Gasteiger partial charge in [-0.2, -0.15) is 0 Å². The second-order valence-electron chi connectivity index (χ2n) is 6.04. The van der Waals surface area contributed by atoms with Gasteiger partial charge in [0, 0.05) is 25.4 Å². The molecule has 134 valence electrons. The average Bonchev–Trinajstić information content (AvgIpc) is 3.35. The molecule has 7 heteroatoms. The summed E-state index contributed by atoms with van der Waals surface area (Å²) < 4.78 is 10.6. The van der Waals surface area contributed by atoms with Gasteiger partial charge in [-0.15, -0.1) is 0 Å². The average molecular weight is 344 g/mol. The topological polar surface area (TPSA) is 79.6 Å². The highest BCUT2D eigenvalue weighted by molar-refractivity contribution is 5.73. The molecule has 25 heavy (non-hydrogen) atoms. The summed E-state index contributed by atoms with van der Waals surface area (Å²) in [6.45, 7) is 3.00. The number of pyridine rings is 1. The molecule has 1 unspecified atom stereocenters. The van der Waals surface area contributed by atoms with E-state index in [1.54, 1.807) is 25.6 Å². The van der Waals surface area contributed by atoms with E-state index in [-0.39, 0.29) is 12.1 Å². The molecule has 2 amide bonds. The molecule has 1 fully saturated rings. The molecule has 2 aromatic heterocycles. The molecule has 0 saturated carbocycles. The van der Waals surface area contributed by atoms with Gasteiger partial charge < -0.3 is 19.8 Å². The lowest BCUT2D eigenvalue weighted by atomic mass is 10.2. The third-order valence-electron chi connectivity index (χ3n) is 4.37. The smallest absolute Gasteiger partial charge is 0.315 e. The molecule has 1 aliphatic rings. The number of carbonyl (C=O) groups excluding carboxylic acids is 1. The number of hydrogen-bond donors (Lipinski definition) is 2. The predicted octanol–water partition coefficient (Wildman–Crippen LogP) is 2.32. The van der Waals surface area contributed by atoms with Gasteiger partial charge in [0.2, 0.25) is 5.88 Å². The molecule has 3 rings (SSSR count). The fourth-order valence-corrected chi connectivity index (χ4v) is 3.05. The Morgan fingerprint density at radius 1 is 1.36 bits per heavy atom. The molecular weight excluding hydrogens is 320 g/mol. The fraction of sp³-hybridized carbons (Fsp3) is 0.444. The molecule has 7 nitrogen and oxygen atoms in total. The Hall–Kier alpha value is -2.54.